The first-order chi connectivity index (χ1) is 13.1. The molecule has 1 aliphatic rings. The Morgan fingerprint density at radius 2 is 1.86 bits per heavy atom. The molecular weight excluding hydrogens is 384 g/mol. The molecule has 0 N–H and O–H groups in total. The minimum absolute atomic E-state index is 0.201. The van der Waals surface area contributed by atoms with E-state index >= 15 is 0 Å². The van der Waals surface area contributed by atoms with Crippen LogP contribution >= 0.6 is 0 Å². The van der Waals surface area contributed by atoms with Gasteiger partial charge < -0.3 is 4.90 Å². The van der Waals surface area contributed by atoms with Gasteiger partial charge in [0.2, 0.25) is 5.91 Å². The Kier molecular flexibility index (Phi) is 5.24. The van der Waals surface area contributed by atoms with Crippen LogP contribution in [0.1, 0.15) is 30.8 Å². The molecule has 0 radical (unpaired) electrons. The minimum atomic E-state index is -3.29. The van der Waals surface area contributed by atoms with Crippen LogP contribution in [0.2, 0.25) is 0 Å². The zero-order valence-electron chi connectivity index (χ0n) is 16.0. The summed E-state index contributed by atoms with van der Waals surface area (Å²) in [6.07, 6.45) is 2.48. The SMILES string of the molecule is CC(c1ccc(S(C)(=O)=O)cc1)N(C)C(=O)Cn1nc2n(c(=O)c1=O)CCC2. The number of nitrogens with zero attached hydrogens (tertiary/aromatic N) is 4. The lowest BCUT2D eigenvalue weighted by Gasteiger charge is -2.25. The number of aromatic nitrogens is 3. The van der Waals surface area contributed by atoms with E-state index in [0.29, 0.717) is 18.8 Å². The summed E-state index contributed by atoms with van der Waals surface area (Å²) in [5.74, 6) is 0.140. The van der Waals surface area contributed by atoms with Gasteiger partial charge in [-0.1, -0.05) is 12.1 Å². The lowest BCUT2D eigenvalue weighted by molar-refractivity contribution is -0.132. The lowest BCUT2D eigenvalue weighted by Crippen LogP contribution is -2.45. The zero-order valence-corrected chi connectivity index (χ0v) is 16.8. The Balaban J connectivity index is 1.79. The number of amides is 1. The van der Waals surface area contributed by atoms with Gasteiger partial charge in [0, 0.05) is 26.3 Å². The molecule has 1 aromatic heterocycles. The van der Waals surface area contributed by atoms with Gasteiger partial charge in [-0.15, -0.1) is 0 Å². The van der Waals surface area contributed by atoms with Crippen molar-refractivity contribution >= 4 is 15.7 Å². The number of aryl methyl sites for hydroxylation is 1. The lowest BCUT2D eigenvalue weighted by atomic mass is 10.1. The number of hydrogen-bond acceptors (Lipinski definition) is 6. The van der Waals surface area contributed by atoms with Crippen molar-refractivity contribution in [3.63, 3.8) is 0 Å². The van der Waals surface area contributed by atoms with Gasteiger partial charge in [-0.3, -0.25) is 19.0 Å². The molecule has 9 nitrogen and oxygen atoms in total. The Morgan fingerprint density at radius 1 is 1.21 bits per heavy atom. The maximum atomic E-state index is 12.6. The second-order valence-electron chi connectivity index (χ2n) is 6.96. The predicted octanol–water partition coefficient (Wildman–Crippen LogP) is -0.0257. The third-order valence-electron chi connectivity index (χ3n) is 5.04. The third kappa shape index (κ3) is 3.77. The molecule has 0 fully saturated rings. The molecule has 3 rings (SSSR count). The normalized spacial score (nSPS) is 14.5. The van der Waals surface area contributed by atoms with Gasteiger partial charge in [0.15, 0.2) is 9.84 Å². The highest BCUT2D eigenvalue weighted by molar-refractivity contribution is 7.90. The summed E-state index contributed by atoms with van der Waals surface area (Å²) in [6.45, 7) is 1.94. The van der Waals surface area contributed by atoms with E-state index in [9.17, 15) is 22.8 Å². The fourth-order valence-corrected chi connectivity index (χ4v) is 3.80. The van der Waals surface area contributed by atoms with Gasteiger partial charge in [-0.05, 0) is 31.0 Å². The fourth-order valence-electron chi connectivity index (χ4n) is 3.17. The van der Waals surface area contributed by atoms with Gasteiger partial charge in [-0.2, -0.15) is 5.10 Å². The van der Waals surface area contributed by atoms with E-state index in [1.807, 2.05) is 0 Å². The van der Waals surface area contributed by atoms with E-state index in [0.717, 1.165) is 22.9 Å². The number of benzene rings is 1. The minimum Gasteiger partial charge on any atom is -0.337 e. The van der Waals surface area contributed by atoms with Crippen LogP contribution in [0.25, 0.3) is 0 Å². The van der Waals surface area contributed by atoms with E-state index in [-0.39, 0.29) is 23.4 Å². The number of likely N-dealkylation sites (N-methyl/N-ethyl adjacent to an activating group) is 1. The summed E-state index contributed by atoms with van der Waals surface area (Å²) in [5, 5.41) is 4.16. The summed E-state index contributed by atoms with van der Waals surface area (Å²) < 4.78 is 25.4. The number of hydrogen-bond donors (Lipinski definition) is 0. The first-order valence-electron chi connectivity index (χ1n) is 8.86. The van der Waals surface area contributed by atoms with Crippen molar-refractivity contribution < 1.29 is 13.2 Å². The highest BCUT2D eigenvalue weighted by Gasteiger charge is 2.22. The molecule has 1 aliphatic heterocycles. The Hall–Kier alpha value is -2.75. The topological polar surface area (TPSA) is 111 Å². The highest BCUT2D eigenvalue weighted by atomic mass is 32.2. The third-order valence-corrected chi connectivity index (χ3v) is 6.17. The van der Waals surface area contributed by atoms with Gasteiger partial charge in [0.25, 0.3) is 0 Å². The van der Waals surface area contributed by atoms with Crippen LogP contribution in [0.3, 0.4) is 0 Å². The molecule has 1 unspecified atom stereocenters. The molecule has 1 amide bonds. The molecule has 0 bridgehead atoms. The van der Waals surface area contributed by atoms with E-state index < -0.39 is 21.0 Å². The van der Waals surface area contributed by atoms with Crippen LogP contribution in [0, 0.1) is 0 Å². The van der Waals surface area contributed by atoms with Crippen LogP contribution in [0.15, 0.2) is 38.8 Å². The van der Waals surface area contributed by atoms with Crippen LogP contribution in [0.5, 0.6) is 0 Å². The number of fused-ring (bicyclic) bond motifs is 1. The van der Waals surface area contributed by atoms with E-state index in [2.05, 4.69) is 5.10 Å². The zero-order chi connectivity index (χ0) is 20.6. The largest absolute Gasteiger partial charge is 0.337 e. The first kappa shape index (κ1) is 20.0. The van der Waals surface area contributed by atoms with Crippen molar-refractivity contribution in [3.05, 3.63) is 56.4 Å². The molecular formula is C18H22N4O5S. The summed E-state index contributed by atoms with van der Waals surface area (Å²) in [7, 11) is -1.71. The van der Waals surface area contributed by atoms with Gasteiger partial charge >= 0.3 is 11.1 Å². The van der Waals surface area contributed by atoms with Gasteiger partial charge in [-0.25, -0.2) is 13.1 Å². The van der Waals surface area contributed by atoms with E-state index in [1.54, 1.807) is 26.1 Å². The average Bonchev–Trinajstić information content (AvgIpc) is 3.12. The second kappa shape index (κ2) is 7.34. The molecule has 10 heteroatoms. The van der Waals surface area contributed by atoms with Crippen molar-refractivity contribution in [1.29, 1.82) is 0 Å². The van der Waals surface area contributed by atoms with Crippen molar-refractivity contribution in [2.45, 2.75) is 43.8 Å². The van der Waals surface area contributed by atoms with Crippen LogP contribution < -0.4 is 11.1 Å². The van der Waals surface area contributed by atoms with E-state index in [4.69, 9.17) is 0 Å². The second-order valence-corrected chi connectivity index (χ2v) is 8.98. The van der Waals surface area contributed by atoms with Crippen molar-refractivity contribution in [1.82, 2.24) is 19.2 Å². The van der Waals surface area contributed by atoms with Gasteiger partial charge in [0.1, 0.15) is 12.4 Å². The number of rotatable bonds is 5. The maximum Gasteiger partial charge on any atom is 0.333 e. The Morgan fingerprint density at radius 3 is 2.46 bits per heavy atom. The molecule has 28 heavy (non-hydrogen) atoms. The number of carbonyl (C=O) groups is 1. The molecule has 0 saturated carbocycles. The average molecular weight is 406 g/mol. The standard InChI is InChI=1S/C18H22N4O5S/c1-12(13-6-8-14(9-7-13)28(3,26)27)20(2)16(23)11-22-18(25)17(24)21-10-4-5-15(21)19-22/h6-9,12H,4-5,10-11H2,1-3H3. The van der Waals surface area contributed by atoms with Crippen LogP contribution in [0.4, 0.5) is 0 Å². The first-order valence-corrected chi connectivity index (χ1v) is 10.7. The highest BCUT2D eigenvalue weighted by Crippen LogP contribution is 2.21. The summed E-state index contributed by atoms with van der Waals surface area (Å²) in [4.78, 5) is 38.6. The number of sulfone groups is 1. The van der Waals surface area contributed by atoms with Gasteiger partial charge in [0.05, 0.1) is 10.9 Å². The Labute approximate surface area is 162 Å². The summed E-state index contributed by atoms with van der Waals surface area (Å²) >= 11 is 0. The smallest absolute Gasteiger partial charge is 0.333 e. The predicted molar refractivity (Wildman–Crippen MR) is 102 cm³/mol. The molecule has 0 aliphatic carbocycles. The van der Waals surface area contributed by atoms with Crippen LogP contribution in [-0.2, 0) is 34.1 Å². The van der Waals surface area contributed by atoms with Crippen molar-refractivity contribution in [2.75, 3.05) is 13.3 Å². The summed E-state index contributed by atoms with van der Waals surface area (Å²) in [5.41, 5.74) is -0.711. The fraction of sp³-hybridized carbons (Fsp3) is 0.444. The molecule has 2 aromatic rings. The van der Waals surface area contributed by atoms with Crippen molar-refractivity contribution in [2.24, 2.45) is 0 Å². The molecule has 1 aromatic carbocycles. The molecule has 1 atom stereocenters. The van der Waals surface area contributed by atoms with Crippen molar-refractivity contribution in [3.8, 4) is 0 Å². The monoisotopic (exact) mass is 406 g/mol. The molecule has 150 valence electrons. The van der Waals surface area contributed by atoms with Crippen LogP contribution in [-0.4, -0.2) is 46.9 Å². The summed E-state index contributed by atoms with van der Waals surface area (Å²) in [6, 6.07) is 5.93. The van der Waals surface area contributed by atoms with E-state index in [1.165, 1.54) is 21.6 Å². The maximum absolute atomic E-state index is 12.6. The number of carbonyl (C=O) groups excluding carboxylic acids is 1. The Bertz CT molecular complexity index is 1130. The molecule has 0 saturated heterocycles. The molecule has 2 heterocycles. The molecule has 0 spiro atoms. The quantitative estimate of drug-likeness (QED) is 0.645.